The fourth-order valence-electron chi connectivity index (χ4n) is 6.43. The van der Waals surface area contributed by atoms with Gasteiger partial charge in [0.15, 0.2) is 0 Å². The molecular weight excluding hydrogens is 405 g/mol. The Bertz CT molecular complexity index is 1000. The van der Waals surface area contributed by atoms with Gasteiger partial charge in [0.2, 0.25) is 0 Å². The normalized spacial score (nSPS) is 34.2. The Balaban J connectivity index is 1.38. The van der Waals surface area contributed by atoms with Gasteiger partial charge in [0.1, 0.15) is 11.9 Å². The molecule has 3 fully saturated rings. The van der Waals surface area contributed by atoms with Crippen LogP contribution in [-0.4, -0.2) is 28.8 Å². The number of fused-ring (bicyclic) bond motifs is 2. The van der Waals surface area contributed by atoms with Crippen molar-refractivity contribution < 1.29 is 19.0 Å². The molecular formula is C27H30FNO3. The average Bonchev–Trinajstić information content (AvgIpc) is 3.09. The van der Waals surface area contributed by atoms with Crippen LogP contribution in [0.2, 0.25) is 0 Å². The van der Waals surface area contributed by atoms with E-state index >= 15 is 0 Å². The summed E-state index contributed by atoms with van der Waals surface area (Å²) in [6, 6.07) is 10.4. The van der Waals surface area contributed by atoms with E-state index in [1.807, 2.05) is 25.1 Å². The Morgan fingerprint density at radius 3 is 2.81 bits per heavy atom. The highest BCUT2D eigenvalue weighted by molar-refractivity contribution is 5.75. The van der Waals surface area contributed by atoms with Gasteiger partial charge in [-0.1, -0.05) is 24.3 Å². The Morgan fingerprint density at radius 1 is 1.19 bits per heavy atom. The van der Waals surface area contributed by atoms with Crippen molar-refractivity contribution in [1.82, 2.24) is 4.98 Å². The predicted molar refractivity (Wildman–Crippen MR) is 121 cm³/mol. The van der Waals surface area contributed by atoms with Gasteiger partial charge in [0, 0.05) is 24.3 Å². The number of ether oxygens (including phenoxy) is 1. The molecule has 1 aromatic carbocycles. The maximum atomic E-state index is 13.5. The quantitative estimate of drug-likeness (QED) is 0.677. The number of carbonyl (C=O) groups excluding carboxylic acids is 1. The number of pyridine rings is 1. The largest absolute Gasteiger partial charge is 0.462 e. The van der Waals surface area contributed by atoms with E-state index in [1.54, 1.807) is 12.3 Å². The molecule has 0 spiro atoms. The number of halogens is 1. The SMILES string of the molecule is C[C@H]1OC(=O)[C@@H]2C[C@@H]3C[C@H](CO)CC[C@H]3C(/C=C/c3ccc(-c4cccc(F)c4)cn3)[C@H]12. The third-order valence-electron chi connectivity index (χ3n) is 7.95. The number of rotatable bonds is 4. The first kappa shape index (κ1) is 21.3. The Labute approximate surface area is 188 Å². The number of carbonyl (C=O) groups is 1. The molecule has 0 bridgehead atoms. The van der Waals surface area contributed by atoms with E-state index in [4.69, 9.17) is 4.74 Å². The van der Waals surface area contributed by atoms with Crippen molar-refractivity contribution in [1.29, 1.82) is 0 Å². The average molecular weight is 436 g/mol. The van der Waals surface area contributed by atoms with Gasteiger partial charge in [0.05, 0.1) is 11.6 Å². The summed E-state index contributed by atoms with van der Waals surface area (Å²) in [6.07, 6.45) is 10.0. The van der Waals surface area contributed by atoms with Crippen LogP contribution in [0.4, 0.5) is 4.39 Å². The third-order valence-corrected chi connectivity index (χ3v) is 7.95. The summed E-state index contributed by atoms with van der Waals surface area (Å²) in [4.78, 5) is 17.1. The van der Waals surface area contributed by atoms with Gasteiger partial charge in [-0.3, -0.25) is 9.78 Å². The van der Waals surface area contributed by atoms with Crippen molar-refractivity contribution >= 4 is 12.0 Å². The molecule has 32 heavy (non-hydrogen) atoms. The van der Waals surface area contributed by atoms with Gasteiger partial charge in [-0.25, -0.2) is 4.39 Å². The summed E-state index contributed by atoms with van der Waals surface area (Å²) in [5.74, 6) is 1.44. The Morgan fingerprint density at radius 2 is 2.06 bits per heavy atom. The molecule has 2 aromatic rings. The van der Waals surface area contributed by atoms with Crippen molar-refractivity contribution in [3.63, 3.8) is 0 Å². The maximum Gasteiger partial charge on any atom is 0.309 e. The van der Waals surface area contributed by atoms with Crippen molar-refractivity contribution in [2.24, 2.45) is 35.5 Å². The topological polar surface area (TPSA) is 59.4 Å². The van der Waals surface area contributed by atoms with Crippen LogP contribution < -0.4 is 0 Å². The molecule has 2 heterocycles. The molecule has 5 rings (SSSR count). The summed E-state index contributed by atoms with van der Waals surface area (Å²) in [5, 5.41) is 9.67. The predicted octanol–water partition coefficient (Wildman–Crippen LogP) is 5.12. The van der Waals surface area contributed by atoms with Crippen LogP contribution in [0.3, 0.4) is 0 Å². The zero-order chi connectivity index (χ0) is 22.2. The van der Waals surface area contributed by atoms with Crippen LogP contribution in [0.5, 0.6) is 0 Å². The number of hydrogen-bond acceptors (Lipinski definition) is 4. The van der Waals surface area contributed by atoms with Crippen molar-refractivity contribution in [3.05, 3.63) is 60.2 Å². The highest BCUT2D eigenvalue weighted by atomic mass is 19.1. The molecule has 7 atom stereocenters. The molecule has 0 amide bonds. The van der Waals surface area contributed by atoms with E-state index in [2.05, 4.69) is 17.1 Å². The lowest BCUT2D eigenvalue weighted by atomic mass is 9.56. The van der Waals surface area contributed by atoms with E-state index in [1.165, 1.54) is 12.1 Å². The number of aliphatic hydroxyl groups is 1. The van der Waals surface area contributed by atoms with Gasteiger partial charge in [-0.05, 0) is 86.1 Å². The zero-order valence-electron chi connectivity index (χ0n) is 18.4. The Kier molecular flexibility index (Phi) is 5.85. The lowest BCUT2D eigenvalue weighted by Crippen LogP contribution is -2.44. The summed E-state index contributed by atoms with van der Waals surface area (Å²) in [5.41, 5.74) is 2.54. The number of cyclic esters (lactones) is 1. The number of nitrogens with zero attached hydrogens (tertiary/aromatic N) is 1. The zero-order valence-corrected chi connectivity index (χ0v) is 18.4. The number of benzene rings is 1. The minimum Gasteiger partial charge on any atom is -0.462 e. The number of aliphatic hydroxyl groups excluding tert-OH is 1. The molecule has 0 radical (unpaired) electrons. The lowest BCUT2D eigenvalue weighted by molar-refractivity contribution is -0.144. The fraction of sp³-hybridized carbons (Fsp3) is 0.481. The molecule has 168 valence electrons. The molecule has 1 aliphatic heterocycles. The van der Waals surface area contributed by atoms with Gasteiger partial charge in [-0.2, -0.15) is 0 Å². The second-order valence-electron chi connectivity index (χ2n) is 9.77. The molecule has 1 unspecified atom stereocenters. The van der Waals surface area contributed by atoms with E-state index in [0.29, 0.717) is 17.8 Å². The van der Waals surface area contributed by atoms with Crippen LogP contribution in [0.25, 0.3) is 17.2 Å². The van der Waals surface area contributed by atoms with Crippen LogP contribution in [0.1, 0.15) is 38.3 Å². The number of allylic oxidation sites excluding steroid dienone is 1. The number of aromatic nitrogens is 1. The standard InChI is InChI=1S/C27H30FNO3/c1-16-26-24(23-9-5-17(15-30)11-20(23)13-25(26)27(31)32-16)10-8-22-7-6-19(14-29-22)18-3-2-4-21(28)12-18/h2-4,6-8,10,12,14,16-17,20,23-26,30H,5,9,11,13,15H2,1H3/b10-8+/t16-,17-,20+,23-,24?,25-,26+/m1/s1. The molecule has 3 aliphatic rings. The van der Waals surface area contributed by atoms with Crippen LogP contribution in [-0.2, 0) is 9.53 Å². The maximum absolute atomic E-state index is 13.5. The second-order valence-corrected chi connectivity index (χ2v) is 9.77. The summed E-state index contributed by atoms with van der Waals surface area (Å²) in [6.45, 7) is 2.26. The summed E-state index contributed by atoms with van der Waals surface area (Å²) < 4.78 is 19.2. The van der Waals surface area contributed by atoms with Crippen molar-refractivity contribution in [2.45, 2.75) is 38.7 Å². The van der Waals surface area contributed by atoms with Crippen molar-refractivity contribution in [3.8, 4) is 11.1 Å². The van der Waals surface area contributed by atoms with E-state index in [-0.39, 0.29) is 42.3 Å². The molecule has 1 N–H and O–H groups in total. The van der Waals surface area contributed by atoms with Gasteiger partial charge < -0.3 is 9.84 Å². The van der Waals surface area contributed by atoms with E-state index in [0.717, 1.165) is 42.5 Å². The van der Waals surface area contributed by atoms with Crippen LogP contribution in [0, 0.1) is 41.3 Å². The van der Waals surface area contributed by atoms with E-state index < -0.39 is 0 Å². The smallest absolute Gasteiger partial charge is 0.309 e. The molecule has 1 saturated heterocycles. The minimum absolute atomic E-state index is 0.0401. The van der Waals surface area contributed by atoms with Gasteiger partial charge in [-0.15, -0.1) is 0 Å². The first-order valence-electron chi connectivity index (χ1n) is 11.7. The third kappa shape index (κ3) is 3.99. The first-order valence-corrected chi connectivity index (χ1v) is 11.7. The highest BCUT2D eigenvalue weighted by Gasteiger charge is 2.54. The Hall–Kier alpha value is -2.53. The molecule has 1 aromatic heterocycles. The minimum atomic E-state index is -0.258. The van der Waals surface area contributed by atoms with Crippen LogP contribution in [0.15, 0.2) is 48.7 Å². The second kappa shape index (κ2) is 8.78. The van der Waals surface area contributed by atoms with Gasteiger partial charge in [0.25, 0.3) is 0 Å². The monoisotopic (exact) mass is 435 g/mol. The summed E-state index contributed by atoms with van der Waals surface area (Å²) in [7, 11) is 0. The van der Waals surface area contributed by atoms with Gasteiger partial charge >= 0.3 is 5.97 Å². The van der Waals surface area contributed by atoms with Crippen LogP contribution >= 0.6 is 0 Å². The fourth-order valence-corrected chi connectivity index (χ4v) is 6.43. The van der Waals surface area contributed by atoms with E-state index in [9.17, 15) is 14.3 Å². The lowest BCUT2D eigenvalue weighted by Gasteiger charge is -2.47. The molecule has 5 heteroatoms. The number of esters is 1. The molecule has 2 saturated carbocycles. The highest BCUT2D eigenvalue weighted by Crippen LogP contribution is 2.54. The summed E-state index contributed by atoms with van der Waals surface area (Å²) >= 11 is 0. The molecule has 2 aliphatic carbocycles. The molecule has 4 nitrogen and oxygen atoms in total. The number of hydrogen-bond donors (Lipinski definition) is 1. The first-order chi connectivity index (χ1) is 15.5. The van der Waals surface area contributed by atoms with Crippen molar-refractivity contribution in [2.75, 3.05) is 6.61 Å².